The van der Waals surface area contributed by atoms with Crippen LogP contribution >= 0.6 is 0 Å². The highest BCUT2D eigenvalue weighted by Crippen LogP contribution is 2.50. The van der Waals surface area contributed by atoms with Crippen molar-refractivity contribution in [3.63, 3.8) is 0 Å². The molecule has 0 bridgehead atoms. The van der Waals surface area contributed by atoms with Crippen LogP contribution in [-0.4, -0.2) is 17.7 Å². The van der Waals surface area contributed by atoms with Crippen molar-refractivity contribution >= 4 is 5.97 Å². The Hall–Kier alpha value is -2.02. The minimum absolute atomic E-state index is 0.126. The molecule has 24 heavy (non-hydrogen) atoms. The number of hydrogen-bond donors (Lipinski definition) is 0. The van der Waals surface area contributed by atoms with Crippen molar-refractivity contribution in [1.29, 1.82) is 5.26 Å². The molecule has 1 heterocycles. The van der Waals surface area contributed by atoms with Crippen LogP contribution in [0, 0.1) is 16.7 Å². The molecule has 1 aromatic rings. The van der Waals surface area contributed by atoms with Gasteiger partial charge in [0.25, 0.3) is 0 Å². The number of carbonyl (C=O) groups excluding carboxylic acids is 1. The molecular formula is C20H25NO3. The van der Waals surface area contributed by atoms with Gasteiger partial charge in [-0.05, 0) is 63.6 Å². The van der Waals surface area contributed by atoms with E-state index in [9.17, 15) is 10.1 Å². The van der Waals surface area contributed by atoms with Crippen molar-refractivity contribution in [2.24, 2.45) is 5.41 Å². The number of hydrogen-bond acceptors (Lipinski definition) is 4. The molecule has 1 fully saturated rings. The summed E-state index contributed by atoms with van der Waals surface area (Å²) in [6, 6.07) is 8.37. The molecular weight excluding hydrogens is 302 g/mol. The molecule has 0 radical (unpaired) electrons. The number of benzene rings is 1. The lowest BCUT2D eigenvalue weighted by Crippen LogP contribution is -2.26. The summed E-state index contributed by atoms with van der Waals surface area (Å²) in [5, 5.41) is 9.23. The molecule has 1 unspecified atom stereocenters. The average molecular weight is 327 g/mol. The second-order valence-electron chi connectivity index (χ2n) is 8.08. The minimum atomic E-state index is -0.457. The van der Waals surface area contributed by atoms with Crippen molar-refractivity contribution in [3.8, 4) is 11.8 Å². The minimum Gasteiger partial charge on any atom is -0.490 e. The first-order valence-corrected chi connectivity index (χ1v) is 8.70. The first-order valence-electron chi connectivity index (χ1n) is 8.70. The van der Waals surface area contributed by atoms with Gasteiger partial charge in [-0.1, -0.05) is 12.1 Å². The molecule has 1 saturated carbocycles. The smallest absolute Gasteiger partial charge is 0.310 e. The van der Waals surface area contributed by atoms with E-state index in [1.54, 1.807) is 0 Å². The second-order valence-corrected chi connectivity index (χ2v) is 8.08. The van der Waals surface area contributed by atoms with Gasteiger partial charge < -0.3 is 9.47 Å². The molecule has 0 N–H and O–H groups in total. The van der Waals surface area contributed by atoms with Crippen molar-refractivity contribution in [2.45, 2.75) is 71.0 Å². The zero-order valence-corrected chi connectivity index (χ0v) is 14.7. The Labute approximate surface area is 143 Å². The third-order valence-electron chi connectivity index (χ3n) is 4.63. The van der Waals surface area contributed by atoms with Gasteiger partial charge in [0.2, 0.25) is 0 Å². The highest BCUT2D eigenvalue weighted by Gasteiger charge is 2.45. The highest BCUT2D eigenvalue weighted by molar-refractivity contribution is 5.73. The van der Waals surface area contributed by atoms with Crippen molar-refractivity contribution in [3.05, 3.63) is 29.3 Å². The van der Waals surface area contributed by atoms with Crippen LogP contribution in [0.2, 0.25) is 0 Å². The Bertz CT molecular complexity index is 677. The predicted octanol–water partition coefficient (Wildman–Crippen LogP) is 3.96. The third-order valence-corrected chi connectivity index (χ3v) is 4.63. The van der Waals surface area contributed by atoms with Gasteiger partial charge >= 0.3 is 5.97 Å². The fourth-order valence-corrected chi connectivity index (χ4v) is 3.24. The third kappa shape index (κ3) is 4.08. The van der Waals surface area contributed by atoms with E-state index in [1.807, 2.05) is 39.0 Å². The lowest BCUT2D eigenvalue weighted by molar-refractivity contribution is -0.153. The van der Waals surface area contributed by atoms with Crippen LogP contribution in [0.3, 0.4) is 0 Å². The average Bonchev–Trinajstić information content (AvgIpc) is 3.25. The van der Waals surface area contributed by atoms with Gasteiger partial charge in [-0.2, -0.15) is 5.26 Å². The number of nitriles is 1. The summed E-state index contributed by atoms with van der Waals surface area (Å²) in [4.78, 5) is 12.0. The lowest BCUT2D eigenvalue weighted by atomic mass is 9.92. The number of carbonyl (C=O) groups is 1. The summed E-state index contributed by atoms with van der Waals surface area (Å²) in [5.74, 6) is 0.690. The number of esters is 1. The number of ether oxygens (including phenoxy) is 2. The molecule has 1 atom stereocenters. The number of rotatable bonds is 4. The standard InChI is InChI=1S/C20H25NO3/c1-19(2,3)24-18(22)11-14-4-7-17-15(10-14)5-6-16(23-17)12-20(13-21)8-9-20/h4,7,10,16H,5-6,8-9,11-12H2,1-3H3. The Morgan fingerprint density at radius 1 is 1.42 bits per heavy atom. The predicted molar refractivity (Wildman–Crippen MR) is 90.6 cm³/mol. The topological polar surface area (TPSA) is 59.3 Å². The van der Waals surface area contributed by atoms with Crippen LogP contribution in [-0.2, 0) is 22.4 Å². The Morgan fingerprint density at radius 2 is 2.17 bits per heavy atom. The summed E-state index contributed by atoms with van der Waals surface area (Å²) in [7, 11) is 0. The first kappa shape index (κ1) is 16.8. The summed E-state index contributed by atoms with van der Waals surface area (Å²) >= 11 is 0. The maximum atomic E-state index is 12.0. The van der Waals surface area contributed by atoms with Gasteiger partial charge in [-0.25, -0.2) is 0 Å². The highest BCUT2D eigenvalue weighted by atomic mass is 16.6. The molecule has 2 aliphatic rings. The molecule has 0 aromatic heterocycles. The van der Waals surface area contributed by atoms with Crippen molar-refractivity contribution in [2.75, 3.05) is 0 Å². The van der Waals surface area contributed by atoms with E-state index < -0.39 is 5.60 Å². The molecule has 0 saturated heterocycles. The Morgan fingerprint density at radius 3 is 2.79 bits per heavy atom. The zero-order valence-electron chi connectivity index (χ0n) is 14.7. The van der Waals surface area contributed by atoms with Crippen molar-refractivity contribution in [1.82, 2.24) is 0 Å². The van der Waals surface area contributed by atoms with Crippen LogP contribution < -0.4 is 4.74 Å². The molecule has 4 heteroatoms. The molecule has 4 nitrogen and oxygen atoms in total. The molecule has 0 amide bonds. The number of fused-ring (bicyclic) bond motifs is 1. The molecule has 3 rings (SSSR count). The van der Waals surface area contributed by atoms with E-state index in [1.165, 1.54) is 0 Å². The van der Waals surface area contributed by atoms with Gasteiger partial charge in [0, 0.05) is 6.42 Å². The molecule has 1 aromatic carbocycles. The Kier molecular flexibility index (Phi) is 4.29. The monoisotopic (exact) mass is 327 g/mol. The van der Waals surface area contributed by atoms with Gasteiger partial charge in [0.15, 0.2) is 0 Å². The van der Waals surface area contributed by atoms with E-state index in [0.29, 0.717) is 0 Å². The van der Waals surface area contributed by atoms with Crippen LogP contribution in [0.5, 0.6) is 5.75 Å². The van der Waals surface area contributed by atoms with Gasteiger partial charge in [0.05, 0.1) is 17.9 Å². The van der Waals surface area contributed by atoms with E-state index in [-0.39, 0.29) is 23.9 Å². The van der Waals surface area contributed by atoms with Gasteiger partial charge in [0.1, 0.15) is 17.5 Å². The SMILES string of the molecule is CC(C)(C)OC(=O)Cc1ccc2c(c1)CCC(CC1(C#N)CC1)O2. The van der Waals surface area contributed by atoms with Gasteiger partial charge in [-0.3, -0.25) is 4.79 Å². The normalized spacial score (nSPS) is 21.2. The van der Waals surface area contributed by atoms with Crippen LogP contribution in [0.1, 0.15) is 57.6 Å². The quantitative estimate of drug-likeness (QED) is 0.785. The largest absolute Gasteiger partial charge is 0.490 e. The molecule has 1 aliphatic heterocycles. The Balaban J connectivity index is 1.62. The number of aryl methyl sites for hydroxylation is 1. The fraction of sp³-hybridized carbons (Fsp3) is 0.600. The van der Waals surface area contributed by atoms with E-state index in [4.69, 9.17) is 9.47 Å². The molecule has 1 aliphatic carbocycles. The zero-order chi connectivity index (χ0) is 17.4. The van der Waals surface area contributed by atoms with E-state index >= 15 is 0 Å². The summed E-state index contributed by atoms with van der Waals surface area (Å²) in [6.45, 7) is 5.62. The maximum absolute atomic E-state index is 12.0. The molecule has 0 spiro atoms. The van der Waals surface area contributed by atoms with Crippen molar-refractivity contribution < 1.29 is 14.3 Å². The van der Waals surface area contributed by atoms with E-state index in [0.717, 1.165) is 49.0 Å². The number of nitrogens with zero attached hydrogens (tertiary/aromatic N) is 1. The molecule has 128 valence electrons. The summed E-state index contributed by atoms with van der Waals surface area (Å²) in [6.07, 6.45) is 5.14. The fourth-order valence-electron chi connectivity index (χ4n) is 3.24. The maximum Gasteiger partial charge on any atom is 0.310 e. The lowest BCUT2D eigenvalue weighted by Gasteiger charge is -2.28. The van der Waals surface area contributed by atoms with Gasteiger partial charge in [-0.15, -0.1) is 0 Å². The summed E-state index contributed by atoms with van der Waals surface area (Å²) < 4.78 is 11.5. The first-order chi connectivity index (χ1) is 11.3. The van der Waals surface area contributed by atoms with E-state index in [2.05, 4.69) is 6.07 Å². The summed E-state index contributed by atoms with van der Waals surface area (Å²) in [5.41, 5.74) is 1.52. The second kappa shape index (κ2) is 6.12. The van der Waals surface area contributed by atoms with Crippen LogP contribution in [0.4, 0.5) is 0 Å². The van der Waals surface area contributed by atoms with Crippen LogP contribution in [0.15, 0.2) is 18.2 Å². The van der Waals surface area contributed by atoms with Crippen LogP contribution in [0.25, 0.3) is 0 Å².